The highest BCUT2D eigenvalue weighted by Gasteiger charge is 2.32. The number of hydrogen-bond donors (Lipinski definition) is 3. The van der Waals surface area contributed by atoms with E-state index in [-0.39, 0.29) is 16.8 Å². The van der Waals surface area contributed by atoms with Crippen LogP contribution in [0.15, 0.2) is 47.4 Å². The van der Waals surface area contributed by atoms with E-state index < -0.39 is 10.0 Å². The fourth-order valence-corrected chi connectivity index (χ4v) is 6.60. The van der Waals surface area contributed by atoms with Gasteiger partial charge in [-0.25, -0.2) is 13.6 Å². The van der Waals surface area contributed by atoms with E-state index in [0.717, 1.165) is 10.9 Å². The zero-order valence-corrected chi connectivity index (χ0v) is 20.8. The average molecular weight is 495 g/mol. The maximum atomic E-state index is 13.5. The maximum absolute atomic E-state index is 13.5. The van der Waals surface area contributed by atoms with Crippen LogP contribution in [0.2, 0.25) is 0 Å². The highest BCUT2D eigenvalue weighted by Crippen LogP contribution is 2.36. The minimum absolute atomic E-state index is 0.0304. The lowest BCUT2D eigenvalue weighted by atomic mass is 9.73. The lowest BCUT2D eigenvalue weighted by molar-refractivity contribution is 0.0861. The standard InChI is InChI=1S/C27H34N4O3S/c28-35(33,34)22-13-7-12-20(16-22)26-23-17-21(14-15-24(23)30-31-26)27(32)29-25(18-8-3-1-4-9-18)19-10-5-2-6-11-19/h7,12-19,25H,1-6,8-11H2,(H,29,32)(H,30,31)(H2,28,33,34). The van der Waals surface area contributed by atoms with E-state index in [2.05, 4.69) is 15.5 Å². The molecule has 1 amide bonds. The van der Waals surface area contributed by atoms with Gasteiger partial charge in [0.1, 0.15) is 0 Å². The zero-order valence-electron chi connectivity index (χ0n) is 20.0. The molecule has 0 bridgehead atoms. The molecule has 2 aromatic carbocycles. The fraction of sp³-hybridized carbons (Fsp3) is 0.481. The summed E-state index contributed by atoms with van der Waals surface area (Å²) in [6, 6.07) is 12.2. The molecule has 186 valence electrons. The molecule has 7 nitrogen and oxygen atoms in total. The van der Waals surface area contributed by atoms with Gasteiger partial charge in [0.15, 0.2) is 0 Å². The van der Waals surface area contributed by atoms with Gasteiger partial charge >= 0.3 is 0 Å². The Bertz CT molecular complexity index is 1290. The number of fused-ring (bicyclic) bond motifs is 1. The minimum Gasteiger partial charge on any atom is -0.349 e. The molecule has 2 aliphatic carbocycles. The van der Waals surface area contributed by atoms with Gasteiger partial charge < -0.3 is 5.32 Å². The van der Waals surface area contributed by atoms with E-state index in [9.17, 15) is 13.2 Å². The fourth-order valence-electron chi connectivity index (χ4n) is 6.04. The Morgan fingerprint density at radius 2 is 1.60 bits per heavy atom. The topological polar surface area (TPSA) is 118 Å². The Kier molecular flexibility index (Phi) is 6.93. The van der Waals surface area contributed by atoms with E-state index in [1.807, 2.05) is 18.2 Å². The third-order valence-corrected chi connectivity index (χ3v) is 8.79. The molecule has 1 heterocycles. The molecule has 0 radical (unpaired) electrons. The van der Waals surface area contributed by atoms with Gasteiger partial charge in [-0.2, -0.15) is 5.10 Å². The van der Waals surface area contributed by atoms with Crippen molar-refractivity contribution in [3.05, 3.63) is 48.0 Å². The van der Waals surface area contributed by atoms with Gasteiger partial charge in [0.25, 0.3) is 5.91 Å². The summed E-state index contributed by atoms with van der Waals surface area (Å²) in [5, 5.41) is 16.9. The molecule has 0 spiro atoms. The second kappa shape index (κ2) is 10.1. The van der Waals surface area contributed by atoms with Crippen molar-refractivity contribution in [1.29, 1.82) is 0 Å². The van der Waals surface area contributed by atoms with Crippen LogP contribution in [-0.4, -0.2) is 30.6 Å². The predicted octanol–water partition coefficient (Wildman–Crippen LogP) is 5.14. The SMILES string of the molecule is NS(=O)(=O)c1cccc(-c2n[nH]c3ccc(C(=O)NC(C4CCCCC4)C4CCCCC4)cc23)c1. The zero-order chi connectivity index (χ0) is 24.4. The lowest BCUT2D eigenvalue weighted by Crippen LogP contribution is -2.46. The third-order valence-electron chi connectivity index (χ3n) is 7.87. The number of sulfonamides is 1. The van der Waals surface area contributed by atoms with Crippen molar-refractivity contribution >= 4 is 26.8 Å². The number of nitrogens with zero attached hydrogens (tertiary/aromatic N) is 1. The molecule has 0 atom stereocenters. The molecule has 0 saturated heterocycles. The summed E-state index contributed by atoms with van der Waals surface area (Å²) in [5.41, 5.74) is 2.60. The molecule has 1 aromatic heterocycles. The van der Waals surface area contributed by atoms with Crippen molar-refractivity contribution in [2.75, 3.05) is 0 Å². The van der Waals surface area contributed by atoms with E-state index >= 15 is 0 Å². The smallest absolute Gasteiger partial charge is 0.251 e. The largest absolute Gasteiger partial charge is 0.349 e. The number of H-pyrrole nitrogens is 1. The summed E-state index contributed by atoms with van der Waals surface area (Å²) >= 11 is 0. The van der Waals surface area contributed by atoms with E-state index in [1.165, 1.54) is 76.3 Å². The first-order valence-corrected chi connectivity index (χ1v) is 14.4. The van der Waals surface area contributed by atoms with E-state index in [1.54, 1.807) is 12.1 Å². The van der Waals surface area contributed by atoms with Crippen LogP contribution in [0.1, 0.15) is 74.6 Å². The number of hydrogen-bond acceptors (Lipinski definition) is 4. The number of carbonyl (C=O) groups is 1. The molecule has 2 saturated carbocycles. The first-order valence-electron chi connectivity index (χ1n) is 12.8. The second-order valence-electron chi connectivity index (χ2n) is 10.2. The number of aromatic nitrogens is 2. The van der Waals surface area contributed by atoms with Crippen molar-refractivity contribution in [3.63, 3.8) is 0 Å². The van der Waals surface area contributed by atoms with Crippen LogP contribution in [-0.2, 0) is 10.0 Å². The molecule has 2 fully saturated rings. The number of aromatic amines is 1. The minimum atomic E-state index is -3.83. The second-order valence-corrected chi connectivity index (χ2v) is 11.8. The number of primary sulfonamides is 1. The van der Waals surface area contributed by atoms with Crippen molar-refractivity contribution < 1.29 is 13.2 Å². The molecule has 2 aliphatic rings. The third kappa shape index (κ3) is 5.28. The quantitative estimate of drug-likeness (QED) is 0.440. The lowest BCUT2D eigenvalue weighted by Gasteiger charge is -2.38. The van der Waals surface area contributed by atoms with Crippen LogP contribution >= 0.6 is 0 Å². The summed E-state index contributed by atoms with van der Waals surface area (Å²) < 4.78 is 23.6. The summed E-state index contributed by atoms with van der Waals surface area (Å²) in [5.74, 6) is 1.08. The molecular formula is C27H34N4O3S. The highest BCUT2D eigenvalue weighted by atomic mass is 32.2. The van der Waals surface area contributed by atoms with Crippen LogP contribution in [0.3, 0.4) is 0 Å². The van der Waals surface area contributed by atoms with Gasteiger partial charge in [0, 0.05) is 22.6 Å². The van der Waals surface area contributed by atoms with Gasteiger partial charge in [0.05, 0.1) is 16.1 Å². The first-order chi connectivity index (χ1) is 16.9. The Hall–Kier alpha value is -2.71. The monoisotopic (exact) mass is 494 g/mol. The molecule has 4 N–H and O–H groups in total. The maximum Gasteiger partial charge on any atom is 0.251 e. The van der Waals surface area contributed by atoms with Crippen molar-refractivity contribution in [1.82, 2.24) is 15.5 Å². The molecule has 0 aliphatic heterocycles. The van der Waals surface area contributed by atoms with Crippen LogP contribution in [0.5, 0.6) is 0 Å². The van der Waals surface area contributed by atoms with Crippen LogP contribution in [0.4, 0.5) is 0 Å². The van der Waals surface area contributed by atoms with E-state index in [4.69, 9.17) is 5.14 Å². The summed E-state index contributed by atoms with van der Waals surface area (Å²) in [4.78, 5) is 13.5. The predicted molar refractivity (Wildman–Crippen MR) is 137 cm³/mol. The number of nitrogens with two attached hydrogens (primary N) is 1. The molecule has 3 aromatic rings. The molecular weight excluding hydrogens is 460 g/mol. The number of rotatable bonds is 6. The van der Waals surface area contributed by atoms with Gasteiger partial charge in [-0.15, -0.1) is 0 Å². The summed E-state index contributed by atoms with van der Waals surface area (Å²) in [6.45, 7) is 0. The van der Waals surface area contributed by atoms with Crippen LogP contribution < -0.4 is 10.5 Å². The Morgan fingerprint density at radius 3 is 2.23 bits per heavy atom. The molecule has 35 heavy (non-hydrogen) atoms. The van der Waals surface area contributed by atoms with Gasteiger partial charge in [-0.1, -0.05) is 50.7 Å². The molecule has 8 heteroatoms. The van der Waals surface area contributed by atoms with Crippen molar-refractivity contribution in [2.45, 2.75) is 75.1 Å². The number of carbonyl (C=O) groups excluding carboxylic acids is 1. The normalized spacial score (nSPS) is 18.2. The number of nitrogens with one attached hydrogen (secondary N) is 2. The number of amides is 1. The van der Waals surface area contributed by atoms with Crippen molar-refractivity contribution in [3.8, 4) is 11.3 Å². The van der Waals surface area contributed by atoms with Crippen molar-refractivity contribution in [2.24, 2.45) is 17.0 Å². The average Bonchev–Trinajstić information content (AvgIpc) is 3.31. The van der Waals surface area contributed by atoms with Crippen LogP contribution in [0.25, 0.3) is 22.2 Å². The highest BCUT2D eigenvalue weighted by molar-refractivity contribution is 7.89. The summed E-state index contributed by atoms with van der Waals surface area (Å²) in [7, 11) is -3.83. The Balaban J connectivity index is 1.43. The van der Waals surface area contributed by atoms with Crippen LogP contribution in [0, 0.1) is 11.8 Å². The molecule has 5 rings (SSSR count). The summed E-state index contributed by atoms with van der Waals surface area (Å²) in [6.07, 6.45) is 12.4. The Labute approximate surface area is 206 Å². The number of benzene rings is 2. The first kappa shape index (κ1) is 24.0. The van der Waals surface area contributed by atoms with E-state index in [0.29, 0.717) is 28.7 Å². The van der Waals surface area contributed by atoms with Gasteiger partial charge in [0.2, 0.25) is 10.0 Å². The molecule has 0 unspecified atom stereocenters. The van der Waals surface area contributed by atoms with Gasteiger partial charge in [-0.05, 0) is 67.9 Å². The van der Waals surface area contributed by atoms with Gasteiger partial charge in [-0.3, -0.25) is 9.89 Å². The Morgan fingerprint density at radius 1 is 0.943 bits per heavy atom.